The van der Waals surface area contributed by atoms with Gasteiger partial charge in [0.15, 0.2) is 5.65 Å². The van der Waals surface area contributed by atoms with E-state index in [0.717, 1.165) is 69.7 Å². The largest absolute Gasteiger partial charge is 0.508 e. The number of halogens is 1. The molecule has 0 fully saturated rings. The van der Waals surface area contributed by atoms with Crippen LogP contribution in [0.2, 0.25) is 0 Å². The number of unbranched alkanes of at least 4 members (excludes halogenated alkanes) is 1. The maximum absolute atomic E-state index is 13.0. The Hall–Kier alpha value is -2.88. The molecule has 7 nitrogen and oxygen atoms in total. The van der Waals surface area contributed by atoms with Gasteiger partial charge in [0.05, 0.1) is 31.0 Å². The molecule has 9 heteroatoms. The molecular formula is C25H26BrN5O2S. The lowest BCUT2D eigenvalue weighted by Gasteiger charge is -2.13. The van der Waals surface area contributed by atoms with Gasteiger partial charge in [-0.15, -0.1) is 0 Å². The number of aromatic hydroxyl groups is 1. The van der Waals surface area contributed by atoms with Gasteiger partial charge in [0, 0.05) is 24.7 Å². The van der Waals surface area contributed by atoms with Crippen LogP contribution in [0.3, 0.4) is 0 Å². The van der Waals surface area contributed by atoms with Gasteiger partial charge in [0.2, 0.25) is 0 Å². The lowest BCUT2D eigenvalue weighted by molar-refractivity contribution is 0.474. The number of rotatable bonds is 9. The van der Waals surface area contributed by atoms with Gasteiger partial charge in [0.25, 0.3) is 0 Å². The Morgan fingerprint density at radius 3 is 2.82 bits per heavy atom. The van der Waals surface area contributed by atoms with Crippen molar-refractivity contribution in [2.75, 3.05) is 18.4 Å². The second-order valence-corrected chi connectivity index (χ2v) is 11.5. The average molecular weight is 540 g/mol. The first-order chi connectivity index (χ1) is 16.3. The average Bonchev–Trinajstić information content (AvgIpc) is 3.49. The number of phenols is 1. The third-order valence-corrected chi connectivity index (χ3v) is 8.28. The van der Waals surface area contributed by atoms with Crippen molar-refractivity contribution in [3.63, 3.8) is 0 Å². The van der Waals surface area contributed by atoms with Crippen LogP contribution in [-0.2, 0) is 16.1 Å². The summed E-state index contributed by atoms with van der Waals surface area (Å²) < 4.78 is 18.7. The van der Waals surface area contributed by atoms with Crippen LogP contribution < -0.4 is 10.0 Å². The molecule has 0 radical (unpaired) electrons. The van der Waals surface area contributed by atoms with Crippen LogP contribution in [0.15, 0.2) is 58.0 Å². The molecule has 34 heavy (non-hydrogen) atoms. The highest BCUT2D eigenvalue weighted by Gasteiger charge is 2.26. The first-order valence-electron chi connectivity index (χ1n) is 11.1. The summed E-state index contributed by atoms with van der Waals surface area (Å²) in [6.07, 6.45) is 4.22. The van der Waals surface area contributed by atoms with Crippen molar-refractivity contribution in [2.24, 2.45) is 0 Å². The summed E-state index contributed by atoms with van der Waals surface area (Å²) in [6.45, 7) is 3.38. The van der Waals surface area contributed by atoms with E-state index in [-0.39, 0.29) is 5.75 Å². The summed E-state index contributed by atoms with van der Waals surface area (Å²) in [5, 5.41) is 17.7. The van der Waals surface area contributed by atoms with Crippen molar-refractivity contribution in [1.29, 1.82) is 0 Å². The molecule has 0 saturated heterocycles. The number of fused-ring (bicyclic) bond motifs is 2. The highest BCUT2D eigenvalue weighted by atomic mass is 79.9. The number of hydrogen-bond donors (Lipinski definition) is 3. The topological polar surface area (TPSA) is 91.5 Å². The van der Waals surface area contributed by atoms with Crippen LogP contribution in [-0.4, -0.2) is 42.9 Å². The molecular weight excluding hydrogens is 514 g/mol. The summed E-state index contributed by atoms with van der Waals surface area (Å²) in [6, 6.07) is 13.5. The van der Waals surface area contributed by atoms with Crippen LogP contribution in [0.4, 0.5) is 5.82 Å². The number of aromatic nitrogens is 3. The van der Waals surface area contributed by atoms with Gasteiger partial charge in [-0.2, -0.15) is 9.61 Å². The van der Waals surface area contributed by atoms with Crippen molar-refractivity contribution < 1.29 is 9.32 Å². The van der Waals surface area contributed by atoms with Crippen LogP contribution in [0.1, 0.15) is 29.5 Å². The van der Waals surface area contributed by atoms with Crippen molar-refractivity contribution in [3.05, 3.63) is 69.8 Å². The Morgan fingerprint density at radius 2 is 2.00 bits per heavy atom. The fraction of sp³-hybridized carbons (Fsp3) is 0.240. The van der Waals surface area contributed by atoms with Crippen LogP contribution in [0, 0.1) is 6.92 Å². The molecule has 0 saturated carbocycles. The normalized spacial score (nSPS) is 14.1. The summed E-state index contributed by atoms with van der Waals surface area (Å²) in [5.74, 6) is 4.90. The standard InChI is InChI=1S/C25H26BrN5O2S/c1-16-7-3-4-8-19(16)22-14-24(31-25(30-22)21(26)15-28-31)27-9-5-6-10-29-34(2,33)23-13-18(32)11-17-12-20(17)23/h3-4,7-8,11,13-15,27,32H,2,5-6,9-10,12H2,1H3,(H,29,33). The third-order valence-electron chi connectivity index (χ3n) is 5.98. The Bertz CT molecular complexity index is 1500. The van der Waals surface area contributed by atoms with Gasteiger partial charge >= 0.3 is 0 Å². The zero-order valence-electron chi connectivity index (χ0n) is 18.8. The van der Waals surface area contributed by atoms with E-state index in [1.165, 1.54) is 0 Å². The molecule has 2 aromatic heterocycles. The second-order valence-electron chi connectivity index (χ2n) is 8.53. The van der Waals surface area contributed by atoms with E-state index in [9.17, 15) is 9.32 Å². The zero-order chi connectivity index (χ0) is 23.9. The van der Waals surface area contributed by atoms with E-state index < -0.39 is 9.71 Å². The summed E-state index contributed by atoms with van der Waals surface area (Å²) in [7, 11) is -2.63. The van der Waals surface area contributed by atoms with Gasteiger partial charge < -0.3 is 10.4 Å². The van der Waals surface area contributed by atoms with Gasteiger partial charge in [-0.25, -0.2) is 13.9 Å². The molecule has 3 N–H and O–H groups in total. The van der Waals surface area contributed by atoms with Gasteiger partial charge in [-0.05, 0) is 76.8 Å². The van der Waals surface area contributed by atoms with Gasteiger partial charge in [-0.1, -0.05) is 24.3 Å². The van der Waals surface area contributed by atoms with E-state index in [0.29, 0.717) is 11.4 Å². The first kappa shape index (κ1) is 22.9. The van der Waals surface area contributed by atoms with E-state index in [4.69, 9.17) is 4.98 Å². The number of nitrogens with one attached hydrogen (secondary N) is 2. The summed E-state index contributed by atoms with van der Waals surface area (Å²) >= 11 is 3.55. The maximum Gasteiger partial charge on any atom is 0.172 e. The van der Waals surface area contributed by atoms with E-state index in [2.05, 4.69) is 56.0 Å². The van der Waals surface area contributed by atoms with E-state index >= 15 is 0 Å². The number of phenolic OH excluding ortho intramolecular Hbond substituents is 1. The Labute approximate surface area is 207 Å². The molecule has 1 aliphatic carbocycles. The molecule has 0 aliphatic heterocycles. The molecule has 2 aromatic carbocycles. The predicted octanol–water partition coefficient (Wildman–Crippen LogP) is 4.55. The van der Waals surface area contributed by atoms with Crippen LogP contribution in [0.5, 0.6) is 5.75 Å². The smallest absolute Gasteiger partial charge is 0.172 e. The van der Waals surface area contributed by atoms with Crippen molar-refractivity contribution in [1.82, 2.24) is 19.3 Å². The highest BCUT2D eigenvalue weighted by Crippen LogP contribution is 2.37. The summed E-state index contributed by atoms with van der Waals surface area (Å²) in [5.41, 5.74) is 5.99. The monoisotopic (exact) mass is 539 g/mol. The minimum Gasteiger partial charge on any atom is -0.508 e. The van der Waals surface area contributed by atoms with E-state index in [1.54, 1.807) is 22.8 Å². The van der Waals surface area contributed by atoms with Gasteiger partial charge in [-0.3, -0.25) is 0 Å². The quantitative estimate of drug-likeness (QED) is 0.189. The molecule has 0 amide bonds. The minimum atomic E-state index is -2.63. The number of benzene rings is 2. The molecule has 2 heterocycles. The Morgan fingerprint density at radius 1 is 1.21 bits per heavy atom. The molecule has 0 bridgehead atoms. The molecule has 0 spiro atoms. The first-order valence-corrected chi connectivity index (χ1v) is 13.7. The fourth-order valence-corrected chi connectivity index (χ4v) is 6.00. The van der Waals surface area contributed by atoms with Crippen LogP contribution >= 0.6 is 15.9 Å². The van der Waals surface area contributed by atoms with Crippen LogP contribution in [0.25, 0.3) is 16.9 Å². The third kappa shape index (κ3) is 4.55. The number of aryl methyl sites for hydroxylation is 1. The van der Waals surface area contributed by atoms with Gasteiger partial charge in [0.1, 0.15) is 11.6 Å². The van der Waals surface area contributed by atoms with Crippen molar-refractivity contribution in [3.8, 4) is 17.0 Å². The molecule has 5 rings (SSSR count). The fourth-order valence-electron chi connectivity index (χ4n) is 4.11. The van der Waals surface area contributed by atoms with E-state index in [1.807, 2.05) is 18.2 Å². The summed E-state index contributed by atoms with van der Waals surface area (Å²) in [4.78, 5) is 5.44. The Kier molecular flexibility index (Phi) is 6.09. The maximum atomic E-state index is 13.0. The number of nitrogens with zero attached hydrogens (tertiary/aromatic N) is 3. The highest BCUT2D eigenvalue weighted by molar-refractivity contribution is 9.10. The van der Waals surface area contributed by atoms with Crippen molar-refractivity contribution >= 4 is 43.0 Å². The number of hydrogen-bond acceptors (Lipinski definition) is 5. The predicted molar refractivity (Wildman–Crippen MR) is 141 cm³/mol. The number of anilines is 1. The molecule has 1 atom stereocenters. The molecule has 1 aliphatic rings. The van der Waals surface area contributed by atoms with Crippen molar-refractivity contribution in [2.45, 2.75) is 31.1 Å². The minimum absolute atomic E-state index is 0.146. The lowest BCUT2D eigenvalue weighted by Crippen LogP contribution is -2.25. The second kappa shape index (κ2) is 9.05. The Balaban J connectivity index is 1.22. The molecule has 1 unspecified atom stereocenters. The lowest BCUT2D eigenvalue weighted by atomic mass is 10.1. The molecule has 176 valence electrons. The zero-order valence-corrected chi connectivity index (χ0v) is 21.2. The SMILES string of the molecule is C=S(=O)(NCCCCNc1cc(-c2ccccc2C)nc2c(Br)cnn12)c1cc(O)cc2c1C2. The molecule has 4 aromatic rings.